The van der Waals surface area contributed by atoms with Crippen molar-refractivity contribution in [3.05, 3.63) is 18.2 Å². The average molecular weight is 320 g/mol. The maximum Gasteiger partial charge on any atom is 0.122 e. The van der Waals surface area contributed by atoms with Gasteiger partial charge in [-0.25, -0.2) is 4.98 Å². The lowest BCUT2D eigenvalue weighted by atomic mass is 9.84. The van der Waals surface area contributed by atoms with Crippen LogP contribution in [0.15, 0.2) is 12.4 Å². The molecule has 0 radical (unpaired) electrons. The average Bonchev–Trinajstić information content (AvgIpc) is 2.97. The van der Waals surface area contributed by atoms with Gasteiger partial charge < -0.3 is 9.67 Å². The fourth-order valence-corrected chi connectivity index (χ4v) is 4.19. The molecule has 1 aliphatic carbocycles. The Morgan fingerprint density at radius 1 is 1.26 bits per heavy atom. The zero-order valence-electron chi connectivity index (χ0n) is 14.7. The first-order chi connectivity index (χ1) is 11.1. The summed E-state index contributed by atoms with van der Waals surface area (Å²) in [7, 11) is 0. The summed E-state index contributed by atoms with van der Waals surface area (Å²) in [6.45, 7) is 10.4. The third-order valence-corrected chi connectivity index (χ3v) is 5.64. The molecule has 1 aromatic heterocycles. The molecule has 5 nitrogen and oxygen atoms in total. The van der Waals surface area contributed by atoms with Gasteiger partial charge in [0.2, 0.25) is 0 Å². The van der Waals surface area contributed by atoms with E-state index in [0.29, 0.717) is 6.04 Å². The van der Waals surface area contributed by atoms with Crippen molar-refractivity contribution >= 4 is 0 Å². The van der Waals surface area contributed by atoms with Crippen molar-refractivity contribution in [2.24, 2.45) is 0 Å². The normalized spacial score (nSPS) is 26.5. The van der Waals surface area contributed by atoms with Crippen LogP contribution in [0.3, 0.4) is 0 Å². The number of aryl methyl sites for hydroxylation is 1. The second-order valence-electron chi connectivity index (χ2n) is 7.47. The standard InChI is InChI=1S/C18H32N4O/c1-3-21-10-9-19-17(21)14-22-12-11-20(13-16(22)2)15-18(23)7-5-4-6-8-18/h9-10,16,23H,3-8,11-15H2,1-2H3/t16-/m1/s1. The summed E-state index contributed by atoms with van der Waals surface area (Å²) in [5.41, 5.74) is -0.432. The van der Waals surface area contributed by atoms with Crippen molar-refractivity contribution in [1.29, 1.82) is 0 Å². The van der Waals surface area contributed by atoms with Gasteiger partial charge in [0.05, 0.1) is 12.1 Å². The van der Waals surface area contributed by atoms with E-state index in [0.717, 1.165) is 52.1 Å². The summed E-state index contributed by atoms with van der Waals surface area (Å²) in [6.07, 6.45) is 9.59. The third-order valence-electron chi connectivity index (χ3n) is 5.64. The Balaban J connectivity index is 1.53. The third kappa shape index (κ3) is 4.14. The number of imidazole rings is 1. The zero-order chi connectivity index (χ0) is 16.3. The molecule has 1 aliphatic heterocycles. The highest BCUT2D eigenvalue weighted by molar-refractivity contribution is 4.95. The lowest BCUT2D eigenvalue weighted by Crippen LogP contribution is -2.55. The van der Waals surface area contributed by atoms with E-state index in [2.05, 4.69) is 39.4 Å². The van der Waals surface area contributed by atoms with E-state index < -0.39 is 5.60 Å². The van der Waals surface area contributed by atoms with Gasteiger partial charge in [0.15, 0.2) is 0 Å². The molecule has 23 heavy (non-hydrogen) atoms. The minimum absolute atomic E-state index is 0.432. The molecule has 0 aromatic carbocycles. The number of rotatable bonds is 5. The maximum atomic E-state index is 10.8. The molecule has 0 bridgehead atoms. The molecule has 2 aliphatic rings. The topological polar surface area (TPSA) is 44.5 Å². The first kappa shape index (κ1) is 16.9. The van der Waals surface area contributed by atoms with E-state index in [-0.39, 0.29) is 0 Å². The van der Waals surface area contributed by atoms with Gasteiger partial charge in [0.1, 0.15) is 5.82 Å². The SMILES string of the molecule is CCn1ccnc1CN1CCN(CC2(O)CCCCC2)C[C@H]1C. The summed E-state index contributed by atoms with van der Waals surface area (Å²) >= 11 is 0. The van der Waals surface area contributed by atoms with Crippen LogP contribution < -0.4 is 0 Å². The number of hydrogen-bond donors (Lipinski definition) is 1. The first-order valence-electron chi connectivity index (χ1n) is 9.28. The van der Waals surface area contributed by atoms with Crippen LogP contribution in [0.1, 0.15) is 51.8 Å². The molecular weight excluding hydrogens is 288 g/mol. The quantitative estimate of drug-likeness (QED) is 0.902. The fraction of sp³-hybridized carbons (Fsp3) is 0.833. The van der Waals surface area contributed by atoms with Crippen molar-refractivity contribution in [2.75, 3.05) is 26.2 Å². The molecule has 1 saturated heterocycles. The minimum Gasteiger partial charge on any atom is -0.389 e. The van der Waals surface area contributed by atoms with Crippen LogP contribution >= 0.6 is 0 Å². The fourth-order valence-electron chi connectivity index (χ4n) is 4.19. The molecule has 3 rings (SSSR count). The number of β-amino-alcohol motifs (C(OH)–C–C–N with tert-alkyl or cyclic N) is 1. The van der Waals surface area contributed by atoms with Gasteiger partial charge in [-0.05, 0) is 26.7 Å². The van der Waals surface area contributed by atoms with Gasteiger partial charge in [0, 0.05) is 51.2 Å². The molecule has 1 saturated carbocycles. The van der Waals surface area contributed by atoms with E-state index in [4.69, 9.17) is 0 Å². The second-order valence-corrected chi connectivity index (χ2v) is 7.47. The van der Waals surface area contributed by atoms with Crippen LogP contribution in [-0.4, -0.2) is 62.3 Å². The maximum absolute atomic E-state index is 10.8. The van der Waals surface area contributed by atoms with Gasteiger partial charge in [-0.1, -0.05) is 19.3 Å². The molecule has 0 spiro atoms. The van der Waals surface area contributed by atoms with Crippen molar-refractivity contribution in [1.82, 2.24) is 19.4 Å². The molecule has 5 heteroatoms. The molecule has 1 aromatic rings. The van der Waals surface area contributed by atoms with E-state index in [1.165, 1.54) is 25.1 Å². The summed E-state index contributed by atoms with van der Waals surface area (Å²) < 4.78 is 2.23. The molecule has 0 amide bonds. The van der Waals surface area contributed by atoms with Crippen molar-refractivity contribution < 1.29 is 5.11 Å². The predicted octanol–water partition coefficient (Wildman–Crippen LogP) is 2.10. The molecule has 130 valence electrons. The Kier molecular flexibility index (Phi) is 5.39. The Morgan fingerprint density at radius 2 is 2.04 bits per heavy atom. The Morgan fingerprint density at radius 3 is 2.74 bits per heavy atom. The Bertz CT molecular complexity index is 495. The molecule has 1 atom stereocenters. The van der Waals surface area contributed by atoms with Gasteiger partial charge in [-0.2, -0.15) is 0 Å². The van der Waals surface area contributed by atoms with Crippen LogP contribution in [0.5, 0.6) is 0 Å². The highest BCUT2D eigenvalue weighted by atomic mass is 16.3. The van der Waals surface area contributed by atoms with Crippen molar-refractivity contribution in [3.8, 4) is 0 Å². The number of hydrogen-bond acceptors (Lipinski definition) is 4. The van der Waals surface area contributed by atoms with Crippen LogP contribution in [0.25, 0.3) is 0 Å². The second kappa shape index (κ2) is 7.32. The van der Waals surface area contributed by atoms with Crippen molar-refractivity contribution in [3.63, 3.8) is 0 Å². The van der Waals surface area contributed by atoms with Crippen LogP contribution in [0.2, 0.25) is 0 Å². The highest BCUT2D eigenvalue weighted by Crippen LogP contribution is 2.29. The van der Waals surface area contributed by atoms with E-state index in [1.807, 2.05) is 6.20 Å². The first-order valence-corrected chi connectivity index (χ1v) is 9.28. The largest absolute Gasteiger partial charge is 0.389 e. The predicted molar refractivity (Wildman–Crippen MR) is 92.2 cm³/mol. The lowest BCUT2D eigenvalue weighted by Gasteiger charge is -2.43. The van der Waals surface area contributed by atoms with Gasteiger partial charge in [-0.15, -0.1) is 0 Å². The van der Waals surface area contributed by atoms with Gasteiger partial charge in [-0.3, -0.25) is 9.80 Å². The van der Waals surface area contributed by atoms with Gasteiger partial charge >= 0.3 is 0 Å². The summed E-state index contributed by atoms with van der Waals surface area (Å²) in [5.74, 6) is 1.17. The number of aromatic nitrogens is 2. The molecule has 0 unspecified atom stereocenters. The van der Waals surface area contributed by atoms with E-state index in [9.17, 15) is 5.11 Å². The van der Waals surface area contributed by atoms with E-state index in [1.54, 1.807) is 0 Å². The molecule has 1 N–H and O–H groups in total. The lowest BCUT2D eigenvalue weighted by molar-refractivity contribution is -0.0435. The highest BCUT2D eigenvalue weighted by Gasteiger charge is 2.34. The van der Waals surface area contributed by atoms with Gasteiger partial charge in [0.25, 0.3) is 0 Å². The molecular formula is C18H32N4O. The number of nitrogens with zero attached hydrogens (tertiary/aromatic N) is 4. The van der Waals surface area contributed by atoms with Crippen LogP contribution in [-0.2, 0) is 13.1 Å². The van der Waals surface area contributed by atoms with Crippen LogP contribution in [0.4, 0.5) is 0 Å². The monoisotopic (exact) mass is 320 g/mol. The zero-order valence-corrected chi connectivity index (χ0v) is 14.7. The summed E-state index contributed by atoms with van der Waals surface area (Å²) in [5, 5.41) is 10.8. The summed E-state index contributed by atoms with van der Waals surface area (Å²) in [4.78, 5) is 9.50. The molecule has 2 heterocycles. The summed E-state index contributed by atoms with van der Waals surface area (Å²) in [6, 6.07) is 0.512. The number of aliphatic hydroxyl groups is 1. The minimum atomic E-state index is -0.432. The molecule has 2 fully saturated rings. The van der Waals surface area contributed by atoms with Crippen LogP contribution in [0, 0.1) is 0 Å². The van der Waals surface area contributed by atoms with Crippen molar-refractivity contribution in [2.45, 2.75) is 70.7 Å². The Hall–Kier alpha value is -0.910. The van der Waals surface area contributed by atoms with E-state index >= 15 is 0 Å². The Labute approximate surface area is 140 Å². The number of piperazine rings is 1. The smallest absolute Gasteiger partial charge is 0.122 e.